The van der Waals surface area contributed by atoms with Crippen LogP contribution in [0.3, 0.4) is 0 Å². The zero-order valence-corrected chi connectivity index (χ0v) is 12.1. The molecule has 1 fully saturated rings. The molecule has 1 aromatic carbocycles. The van der Waals surface area contributed by atoms with Crippen molar-refractivity contribution >= 4 is 5.91 Å². The Bertz CT molecular complexity index is 621. The highest BCUT2D eigenvalue weighted by Crippen LogP contribution is 2.20. The van der Waals surface area contributed by atoms with Gasteiger partial charge in [0.2, 0.25) is 0 Å². The molecule has 1 aliphatic rings. The van der Waals surface area contributed by atoms with Gasteiger partial charge in [-0.15, -0.1) is 0 Å². The second kappa shape index (κ2) is 5.74. The summed E-state index contributed by atoms with van der Waals surface area (Å²) in [6.07, 6.45) is 4.29. The van der Waals surface area contributed by atoms with Crippen LogP contribution in [0.4, 0.5) is 0 Å². The van der Waals surface area contributed by atoms with E-state index in [2.05, 4.69) is 0 Å². The zero-order valence-electron chi connectivity index (χ0n) is 12.1. The van der Waals surface area contributed by atoms with Crippen LogP contribution in [-0.2, 0) is 0 Å². The van der Waals surface area contributed by atoms with Gasteiger partial charge in [-0.25, -0.2) is 0 Å². The van der Waals surface area contributed by atoms with Crippen LogP contribution >= 0.6 is 0 Å². The number of piperidine rings is 1. The van der Waals surface area contributed by atoms with Crippen molar-refractivity contribution in [3.8, 4) is 5.69 Å². The molecule has 21 heavy (non-hydrogen) atoms. The number of aromatic nitrogens is 1. The van der Waals surface area contributed by atoms with Gasteiger partial charge in [0.05, 0.1) is 6.10 Å². The van der Waals surface area contributed by atoms with Crippen LogP contribution in [0.1, 0.15) is 23.7 Å². The van der Waals surface area contributed by atoms with E-state index in [-0.39, 0.29) is 17.9 Å². The first-order valence-corrected chi connectivity index (χ1v) is 7.36. The summed E-state index contributed by atoms with van der Waals surface area (Å²) >= 11 is 0. The second-order valence-electron chi connectivity index (χ2n) is 5.73. The van der Waals surface area contributed by atoms with Crippen molar-refractivity contribution in [3.05, 3.63) is 54.4 Å². The maximum Gasteiger partial charge on any atom is 0.253 e. The fraction of sp³-hybridized carbons (Fsp3) is 0.353. The predicted molar refractivity (Wildman–Crippen MR) is 81.5 cm³/mol. The minimum absolute atomic E-state index is 0.0442. The first-order chi connectivity index (χ1) is 10.1. The molecule has 2 atom stereocenters. The molecular weight excluding hydrogens is 264 g/mol. The summed E-state index contributed by atoms with van der Waals surface area (Å²) in [6, 6.07) is 11.6. The largest absolute Gasteiger partial charge is 0.393 e. The Morgan fingerprint density at radius 3 is 2.71 bits per heavy atom. The van der Waals surface area contributed by atoms with Crippen molar-refractivity contribution in [2.75, 3.05) is 13.1 Å². The number of likely N-dealkylation sites (tertiary alicyclic amines) is 1. The molecule has 4 heteroatoms. The normalized spacial score (nSPS) is 22.3. The van der Waals surface area contributed by atoms with Gasteiger partial charge in [0.25, 0.3) is 5.91 Å². The number of rotatable bonds is 2. The first-order valence-electron chi connectivity index (χ1n) is 7.36. The van der Waals surface area contributed by atoms with Crippen LogP contribution in [0.2, 0.25) is 0 Å². The lowest BCUT2D eigenvalue weighted by Gasteiger charge is -2.34. The topological polar surface area (TPSA) is 45.5 Å². The summed E-state index contributed by atoms with van der Waals surface area (Å²) in [6.45, 7) is 3.23. The van der Waals surface area contributed by atoms with Gasteiger partial charge in [0.15, 0.2) is 0 Å². The minimum Gasteiger partial charge on any atom is -0.393 e. The van der Waals surface area contributed by atoms with E-state index in [0.717, 1.165) is 5.69 Å². The van der Waals surface area contributed by atoms with Crippen molar-refractivity contribution in [2.45, 2.75) is 19.4 Å². The molecule has 1 N–H and O–H groups in total. The molecule has 0 bridgehead atoms. The van der Waals surface area contributed by atoms with Crippen molar-refractivity contribution in [1.29, 1.82) is 0 Å². The number of amides is 1. The average Bonchev–Trinajstić information content (AvgIpc) is 3.04. The van der Waals surface area contributed by atoms with E-state index in [0.29, 0.717) is 25.1 Å². The first kappa shape index (κ1) is 13.9. The fourth-order valence-electron chi connectivity index (χ4n) is 2.81. The summed E-state index contributed by atoms with van der Waals surface area (Å²) in [4.78, 5) is 14.4. The highest BCUT2D eigenvalue weighted by atomic mass is 16.3. The van der Waals surface area contributed by atoms with Gasteiger partial charge in [-0.2, -0.15) is 0 Å². The molecule has 0 spiro atoms. The lowest BCUT2D eigenvalue weighted by Crippen LogP contribution is -2.44. The molecule has 2 unspecified atom stereocenters. The number of benzene rings is 1. The summed E-state index contributed by atoms with van der Waals surface area (Å²) in [5.74, 6) is 0.179. The van der Waals surface area contributed by atoms with Gasteiger partial charge in [-0.05, 0) is 42.7 Å². The molecule has 1 aliphatic heterocycles. The van der Waals surface area contributed by atoms with Crippen molar-refractivity contribution in [2.24, 2.45) is 5.92 Å². The van der Waals surface area contributed by atoms with Crippen LogP contribution in [-0.4, -0.2) is 39.7 Å². The van der Waals surface area contributed by atoms with E-state index in [9.17, 15) is 9.90 Å². The smallest absolute Gasteiger partial charge is 0.253 e. The Balaban J connectivity index is 1.80. The third-order valence-electron chi connectivity index (χ3n) is 4.14. The van der Waals surface area contributed by atoms with Gasteiger partial charge in [-0.3, -0.25) is 4.79 Å². The third-order valence-corrected chi connectivity index (χ3v) is 4.14. The highest BCUT2D eigenvalue weighted by molar-refractivity contribution is 5.94. The van der Waals surface area contributed by atoms with Crippen LogP contribution < -0.4 is 0 Å². The molecule has 0 aliphatic carbocycles. The Hall–Kier alpha value is -2.07. The number of aliphatic hydroxyl groups excluding tert-OH is 1. The van der Waals surface area contributed by atoms with Gasteiger partial charge in [0, 0.05) is 36.7 Å². The van der Waals surface area contributed by atoms with Crippen LogP contribution in [0.15, 0.2) is 48.8 Å². The number of hydrogen-bond acceptors (Lipinski definition) is 2. The lowest BCUT2D eigenvalue weighted by molar-refractivity contribution is 0.0297. The SMILES string of the molecule is CC1CN(C(=O)c2cccc(-n3cccc3)c2)CCC1O. The van der Waals surface area contributed by atoms with Crippen LogP contribution in [0.25, 0.3) is 5.69 Å². The van der Waals surface area contributed by atoms with E-state index in [1.54, 1.807) is 0 Å². The maximum absolute atomic E-state index is 12.6. The molecule has 1 aromatic heterocycles. The number of nitrogens with zero attached hydrogens (tertiary/aromatic N) is 2. The van der Waals surface area contributed by atoms with Crippen molar-refractivity contribution < 1.29 is 9.90 Å². The molecule has 0 saturated carbocycles. The fourth-order valence-corrected chi connectivity index (χ4v) is 2.81. The standard InChI is InChI=1S/C17H20N2O2/c1-13-12-19(10-7-16(13)20)17(21)14-5-4-6-15(11-14)18-8-2-3-9-18/h2-6,8-9,11,13,16,20H,7,10,12H2,1H3. The van der Waals surface area contributed by atoms with Crippen molar-refractivity contribution in [1.82, 2.24) is 9.47 Å². The van der Waals surface area contributed by atoms with Gasteiger partial charge >= 0.3 is 0 Å². The van der Waals surface area contributed by atoms with Crippen LogP contribution in [0, 0.1) is 5.92 Å². The monoisotopic (exact) mass is 284 g/mol. The summed E-state index contributed by atoms with van der Waals surface area (Å²) in [5.41, 5.74) is 1.68. The Labute approximate surface area is 124 Å². The number of aliphatic hydroxyl groups is 1. The molecule has 2 heterocycles. The Morgan fingerprint density at radius 2 is 2.00 bits per heavy atom. The Kier molecular flexibility index (Phi) is 3.80. The molecule has 3 rings (SSSR count). The number of carbonyl (C=O) groups is 1. The molecule has 4 nitrogen and oxygen atoms in total. The van der Waals surface area contributed by atoms with Gasteiger partial charge < -0.3 is 14.6 Å². The van der Waals surface area contributed by atoms with E-state index in [1.807, 2.05) is 65.2 Å². The second-order valence-corrected chi connectivity index (χ2v) is 5.73. The van der Waals surface area contributed by atoms with E-state index in [1.165, 1.54) is 0 Å². The van der Waals surface area contributed by atoms with E-state index >= 15 is 0 Å². The Morgan fingerprint density at radius 1 is 1.24 bits per heavy atom. The summed E-state index contributed by atoms with van der Waals surface area (Å²) < 4.78 is 1.99. The van der Waals surface area contributed by atoms with E-state index < -0.39 is 0 Å². The third kappa shape index (κ3) is 2.85. The number of hydrogen-bond donors (Lipinski definition) is 1. The molecule has 1 saturated heterocycles. The molecule has 0 radical (unpaired) electrons. The van der Waals surface area contributed by atoms with Gasteiger partial charge in [-0.1, -0.05) is 13.0 Å². The maximum atomic E-state index is 12.6. The highest BCUT2D eigenvalue weighted by Gasteiger charge is 2.27. The molecular formula is C17H20N2O2. The van der Waals surface area contributed by atoms with E-state index in [4.69, 9.17) is 0 Å². The summed E-state index contributed by atoms with van der Waals surface area (Å²) in [7, 11) is 0. The molecule has 2 aromatic rings. The lowest BCUT2D eigenvalue weighted by atomic mass is 9.96. The zero-order chi connectivity index (χ0) is 14.8. The summed E-state index contributed by atoms with van der Waals surface area (Å²) in [5, 5.41) is 9.78. The average molecular weight is 284 g/mol. The molecule has 1 amide bonds. The number of carbonyl (C=O) groups excluding carboxylic acids is 1. The minimum atomic E-state index is -0.291. The predicted octanol–water partition coefficient (Wildman–Crippen LogP) is 2.32. The van der Waals surface area contributed by atoms with Gasteiger partial charge in [0.1, 0.15) is 0 Å². The van der Waals surface area contributed by atoms with Crippen LogP contribution in [0.5, 0.6) is 0 Å². The molecule has 110 valence electrons. The quantitative estimate of drug-likeness (QED) is 0.920. The van der Waals surface area contributed by atoms with Crippen molar-refractivity contribution in [3.63, 3.8) is 0 Å².